The molecule has 1 aromatic heterocycles. The van der Waals surface area contributed by atoms with Gasteiger partial charge in [0.15, 0.2) is 0 Å². The van der Waals surface area contributed by atoms with Crippen molar-refractivity contribution in [2.75, 3.05) is 6.54 Å². The summed E-state index contributed by atoms with van der Waals surface area (Å²) in [7, 11) is 0. The van der Waals surface area contributed by atoms with E-state index in [1.807, 2.05) is 20.8 Å². The molecule has 5 heteroatoms. The van der Waals surface area contributed by atoms with Crippen LogP contribution < -0.4 is 5.32 Å². The van der Waals surface area contributed by atoms with Crippen LogP contribution in [0.5, 0.6) is 0 Å². The van der Waals surface area contributed by atoms with Crippen molar-refractivity contribution in [3.8, 4) is 0 Å². The molecule has 0 aliphatic carbocycles. The van der Waals surface area contributed by atoms with Gasteiger partial charge in [-0.1, -0.05) is 13.8 Å². The number of carbonyl (C=O) groups excluding carboxylic acids is 2. The standard InChI is InChI=1S/C16H24N2O2S/c1-6-16(7-2)15(20)18(9-14(19)17-16)11(4)13-8-10(3)21-12(13)5/h8,11H,6-7,9H2,1-5H3,(H,17,19). The Kier molecular flexibility index (Phi) is 4.42. The van der Waals surface area contributed by atoms with E-state index < -0.39 is 5.54 Å². The van der Waals surface area contributed by atoms with E-state index in [2.05, 4.69) is 25.2 Å². The number of carbonyl (C=O) groups is 2. The number of hydrogen-bond donors (Lipinski definition) is 1. The highest BCUT2D eigenvalue weighted by molar-refractivity contribution is 7.12. The summed E-state index contributed by atoms with van der Waals surface area (Å²) in [4.78, 5) is 29.2. The zero-order chi connectivity index (χ0) is 15.8. The lowest BCUT2D eigenvalue weighted by molar-refractivity contribution is -0.152. The van der Waals surface area contributed by atoms with Gasteiger partial charge in [-0.2, -0.15) is 0 Å². The molecule has 0 bridgehead atoms. The third-order valence-corrected chi connectivity index (χ3v) is 5.55. The summed E-state index contributed by atoms with van der Waals surface area (Å²) in [5, 5.41) is 2.91. The van der Waals surface area contributed by atoms with Gasteiger partial charge in [0.25, 0.3) is 0 Å². The second-order valence-electron chi connectivity index (χ2n) is 5.81. The Morgan fingerprint density at radius 2 is 1.95 bits per heavy atom. The highest BCUT2D eigenvalue weighted by Gasteiger charge is 2.45. The molecule has 116 valence electrons. The maximum absolute atomic E-state index is 12.9. The molecule has 1 N–H and O–H groups in total. The molecule has 0 aromatic carbocycles. The molecule has 0 saturated carbocycles. The third-order valence-electron chi connectivity index (χ3n) is 4.57. The van der Waals surface area contributed by atoms with Gasteiger partial charge in [0.05, 0.1) is 6.04 Å². The molecule has 4 nitrogen and oxygen atoms in total. The van der Waals surface area contributed by atoms with Crippen molar-refractivity contribution in [2.24, 2.45) is 0 Å². The minimum absolute atomic E-state index is 0.0443. The average molecular weight is 308 g/mol. The fraction of sp³-hybridized carbons (Fsp3) is 0.625. The van der Waals surface area contributed by atoms with Crippen LogP contribution in [0.15, 0.2) is 6.07 Å². The van der Waals surface area contributed by atoms with Gasteiger partial charge in [-0.15, -0.1) is 11.3 Å². The number of piperazine rings is 1. The van der Waals surface area contributed by atoms with E-state index in [1.165, 1.54) is 9.75 Å². The predicted octanol–water partition coefficient (Wildman–Crippen LogP) is 2.94. The van der Waals surface area contributed by atoms with Gasteiger partial charge in [-0.05, 0) is 45.2 Å². The van der Waals surface area contributed by atoms with Crippen LogP contribution in [-0.2, 0) is 9.59 Å². The zero-order valence-corrected chi connectivity index (χ0v) is 14.3. The summed E-state index contributed by atoms with van der Waals surface area (Å²) in [5.41, 5.74) is 0.421. The highest BCUT2D eigenvalue weighted by atomic mass is 32.1. The fourth-order valence-electron chi connectivity index (χ4n) is 3.14. The van der Waals surface area contributed by atoms with E-state index in [1.54, 1.807) is 16.2 Å². The topological polar surface area (TPSA) is 49.4 Å². The summed E-state index contributed by atoms with van der Waals surface area (Å²) < 4.78 is 0. The molecule has 21 heavy (non-hydrogen) atoms. The molecule has 0 radical (unpaired) electrons. The number of amides is 2. The van der Waals surface area contributed by atoms with Gasteiger partial charge < -0.3 is 10.2 Å². The summed E-state index contributed by atoms with van der Waals surface area (Å²) in [6, 6.07) is 2.07. The summed E-state index contributed by atoms with van der Waals surface area (Å²) in [6.07, 6.45) is 1.25. The van der Waals surface area contributed by atoms with Gasteiger partial charge in [0, 0.05) is 9.75 Å². The number of thiophene rings is 1. The first-order valence-corrected chi connectivity index (χ1v) is 8.35. The number of hydrogen-bond acceptors (Lipinski definition) is 3. The lowest BCUT2D eigenvalue weighted by Gasteiger charge is -2.43. The zero-order valence-electron chi connectivity index (χ0n) is 13.4. The van der Waals surface area contributed by atoms with Crippen LogP contribution in [0, 0.1) is 13.8 Å². The van der Waals surface area contributed by atoms with E-state index in [0.717, 1.165) is 5.56 Å². The van der Waals surface area contributed by atoms with E-state index in [4.69, 9.17) is 0 Å². The van der Waals surface area contributed by atoms with Crippen LogP contribution in [0.4, 0.5) is 0 Å². The lowest BCUT2D eigenvalue weighted by Crippen LogP contribution is -2.66. The molecule has 1 aliphatic heterocycles. The van der Waals surface area contributed by atoms with Crippen LogP contribution in [0.1, 0.15) is 55.0 Å². The molecule has 2 rings (SSSR count). The quantitative estimate of drug-likeness (QED) is 0.929. The van der Waals surface area contributed by atoms with Gasteiger partial charge in [0.1, 0.15) is 12.1 Å². The molecule has 1 saturated heterocycles. The van der Waals surface area contributed by atoms with Gasteiger partial charge in [0.2, 0.25) is 11.8 Å². The number of aryl methyl sites for hydroxylation is 2. The largest absolute Gasteiger partial charge is 0.340 e. The van der Waals surface area contributed by atoms with Crippen molar-refractivity contribution in [1.82, 2.24) is 10.2 Å². The number of rotatable bonds is 4. The van der Waals surface area contributed by atoms with Gasteiger partial charge in [-0.25, -0.2) is 0 Å². The summed E-state index contributed by atoms with van der Waals surface area (Å²) in [5.74, 6) is -0.0161. The van der Waals surface area contributed by atoms with Crippen molar-refractivity contribution >= 4 is 23.2 Å². The van der Waals surface area contributed by atoms with Crippen LogP contribution >= 0.6 is 11.3 Å². The van der Waals surface area contributed by atoms with E-state index in [0.29, 0.717) is 12.8 Å². The van der Waals surface area contributed by atoms with E-state index in [-0.39, 0.29) is 24.4 Å². The lowest BCUT2D eigenvalue weighted by atomic mass is 9.87. The van der Waals surface area contributed by atoms with E-state index in [9.17, 15) is 9.59 Å². The first-order valence-electron chi connectivity index (χ1n) is 7.53. The Balaban J connectivity index is 2.35. The average Bonchev–Trinajstić information content (AvgIpc) is 2.79. The third kappa shape index (κ3) is 2.71. The maximum atomic E-state index is 12.9. The normalized spacial score (nSPS) is 19.6. The number of nitrogens with zero attached hydrogens (tertiary/aromatic N) is 1. The predicted molar refractivity (Wildman–Crippen MR) is 85.4 cm³/mol. The highest BCUT2D eigenvalue weighted by Crippen LogP contribution is 2.33. The number of nitrogens with one attached hydrogen (secondary N) is 1. The molecular weight excluding hydrogens is 284 g/mol. The Labute approximate surface area is 130 Å². The molecule has 1 unspecified atom stereocenters. The molecule has 1 atom stereocenters. The first-order chi connectivity index (χ1) is 9.84. The van der Waals surface area contributed by atoms with E-state index >= 15 is 0 Å². The minimum atomic E-state index is -0.734. The van der Waals surface area contributed by atoms with Crippen LogP contribution in [0.3, 0.4) is 0 Å². The minimum Gasteiger partial charge on any atom is -0.340 e. The fourth-order valence-corrected chi connectivity index (χ4v) is 4.15. The van der Waals surface area contributed by atoms with Crippen molar-refractivity contribution in [2.45, 2.75) is 59.0 Å². The van der Waals surface area contributed by atoms with Crippen LogP contribution in [-0.4, -0.2) is 28.8 Å². The SMILES string of the molecule is CCC1(CC)NC(=O)CN(C(C)c2cc(C)sc2C)C1=O. The second-order valence-corrected chi connectivity index (χ2v) is 7.28. The van der Waals surface area contributed by atoms with Crippen LogP contribution in [0.25, 0.3) is 0 Å². The second kappa shape index (κ2) is 5.79. The molecule has 1 fully saturated rings. The summed E-state index contributed by atoms with van der Waals surface area (Å²) in [6.45, 7) is 10.2. The van der Waals surface area contributed by atoms with Gasteiger partial charge in [-0.3, -0.25) is 9.59 Å². The smallest absolute Gasteiger partial charge is 0.249 e. The first kappa shape index (κ1) is 16.0. The molecule has 2 heterocycles. The Bertz CT molecular complexity index is 561. The Morgan fingerprint density at radius 3 is 2.43 bits per heavy atom. The van der Waals surface area contributed by atoms with Gasteiger partial charge >= 0.3 is 0 Å². The maximum Gasteiger partial charge on any atom is 0.249 e. The Hall–Kier alpha value is -1.36. The Morgan fingerprint density at radius 1 is 1.33 bits per heavy atom. The summed E-state index contributed by atoms with van der Waals surface area (Å²) >= 11 is 1.74. The van der Waals surface area contributed by atoms with Crippen molar-refractivity contribution in [3.05, 3.63) is 21.4 Å². The van der Waals surface area contributed by atoms with Crippen LogP contribution in [0.2, 0.25) is 0 Å². The molecule has 1 aromatic rings. The van der Waals surface area contributed by atoms with Crippen molar-refractivity contribution in [3.63, 3.8) is 0 Å². The van der Waals surface area contributed by atoms with Crippen molar-refractivity contribution in [1.29, 1.82) is 0 Å². The molecule has 0 spiro atoms. The van der Waals surface area contributed by atoms with Crippen molar-refractivity contribution < 1.29 is 9.59 Å². The molecule has 1 aliphatic rings. The molecular formula is C16H24N2O2S. The monoisotopic (exact) mass is 308 g/mol. The molecule has 2 amide bonds.